The van der Waals surface area contributed by atoms with Crippen LogP contribution in [0, 0.1) is 11.7 Å². The molecule has 1 unspecified atom stereocenters. The molecule has 2 aliphatic rings. The fourth-order valence-electron chi connectivity index (χ4n) is 3.42. The molecule has 6 heteroatoms. The zero-order chi connectivity index (χ0) is 15.6. The van der Waals surface area contributed by atoms with Gasteiger partial charge >= 0.3 is 0 Å². The minimum atomic E-state index is -0.0955. The Morgan fingerprint density at radius 2 is 2.13 bits per heavy atom. The van der Waals surface area contributed by atoms with Gasteiger partial charge in [-0.25, -0.2) is 4.39 Å². The van der Waals surface area contributed by atoms with E-state index in [9.17, 15) is 4.39 Å². The predicted molar refractivity (Wildman–Crippen MR) is 83.4 cm³/mol. The Kier molecular flexibility index (Phi) is 4.10. The number of ether oxygens (including phenoxy) is 1. The molecule has 3 heterocycles. The van der Waals surface area contributed by atoms with E-state index >= 15 is 0 Å². The predicted octanol–water partition coefficient (Wildman–Crippen LogP) is 2.05. The number of benzene rings is 1. The lowest BCUT2D eigenvalue weighted by Crippen LogP contribution is -2.44. The first-order valence-corrected chi connectivity index (χ1v) is 8.21. The molecule has 0 aliphatic carbocycles. The molecule has 122 valence electrons. The Balaban J connectivity index is 1.29. The van der Waals surface area contributed by atoms with Crippen molar-refractivity contribution in [3.05, 3.63) is 47.5 Å². The highest BCUT2D eigenvalue weighted by Gasteiger charge is 2.30. The molecule has 0 radical (unpaired) electrons. The van der Waals surface area contributed by atoms with Crippen LogP contribution in [-0.2, 0) is 17.8 Å². The molecular formula is C17H21FN4O. The standard InChI is InChI=1S/C17H21FN4O/c18-17-4-2-1-3-16(17)14-8-21(9-14)10-15-11-22(20-19-15)7-13-5-6-23-12-13/h1-4,11,13-14H,5-10,12H2. The molecule has 2 fully saturated rings. The number of rotatable bonds is 5. The average molecular weight is 316 g/mol. The van der Waals surface area contributed by atoms with Crippen LogP contribution >= 0.6 is 0 Å². The summed E-state index contributed by atoms with van der Waals surface area (Å²) in [5, 5.41) is 8.46. The highest BCUT2D eigenvalue weighted by atomic mass is 19.1. The summed E-state index contributed by atoms with van der Waals surface area (Å²) >= 11 is 0. The van der Waals surface area contributed by atoms with Crippen LogP contribution in [0.15, 0.2) is 30.5 Å². The van der Waals surface area contributed by atoms with E-state index in [0.29, 0.717) is 11.8 Å². The Bertz CT molecular complexity index is 662. The van der Waals surface area contributed by atoms with Crippen LogP contribution < -0.4 is 0 Å². The van der Waals surface area contributed by atoms with Crippen LogP contribution in [0.1, 0.15) is 23.6 Å². The lowest BCUT2D eigenvalue weighted by molar-refractivity contribution is 0.135. The molecule has 2 aliphatic heterocycles. The third-order valence-corrected chi connectivity index (χ3v) is 4.74. The third kappa shape index (κ3) is 3.28. The van der Waals surface area contributed by atoms with Gasteiger partial charge in [-0.1, -0.05) is 23.4 Å². The van der Waals surface area contributed by atoms with Crippen LogP contribution in [0.25, 0.3) is 0 Å². The summed E-state index contributed by atoms with van der Waals surface area (Å²) in [4.78, 5) is 2.28. The van der Waals surface area contributed by atoms with Crippen LogP contribution in [0.3, 0.4) is 0 Å². The quantitative estimate of drug-likeness (QED) is 0.847. The van der Waals surface area contributed by atoms with Gasteiger partial charge in [0.15, 0.2) is 0 Å². The van der Waals surface area contributed by atoms with Crippen molar-refractivity contribution in [2.45, 2.75) is 25.4 Å². The fraction of sp³-hybridized carbons (Fsp3) is 0.529. The first-order valence-electron chi connectivity index (χ1n) is 8.21. The molecule has 0 bridgehead atoms. The molecule has 2 saturated heterocycles. The molecule has 1 aromatic heterocycles. The van der Waals surface area contributed by atoms with Gasteiger partial charge in [0.2, 0.25) is 0 Å². The topological polar surface area (TPSA) is 43.2 Å². The van der Waals surface area contributed by atoms with Gasteiger partial charge in [-0.05, 0) is 18.1 Å². The maximum atomic E-state index is 13.8. The molecule has 23 heavy (non-hydrogen) atoms. The van der Waals surface area contributed by atoms with Gasteiger partial charge < -0.3 is 4.74 Å². The van der Waals surface area contributed by atoms with Crippen molar-refractivity contribution in [1.82, 2.24) is 19.9 Å². The summed E-state index contributed by atoms with van der Waals surface area (Å²) in [5.74, 6) is 0.753. The smallest absolute Gasteiger partial charge is 0.126 e. The highest BCUT2D eigenvalue weighted by Crippen LogP contribution is 2.29. The minimum absolute atomic E-state index is 0.0955. The van der Waals surface area contributed by atoms with Gasteiger partial charge in [-0.15, -0.1) is 5.10 Å². The number of hydrogen-bond donors (Lipinski definition) is 0. The molecule has 4 rings (SSSR count). The molecular weight excluding hydrogens is 295 g/mol. The molecule has 5 nitrogen and oxygen atoms in total. The van der Waals surface area contributed by atoms with Crippen LogP contribution in [0.5, 0.6) is 0 Å². The van der Waals surface area contributed by atoms with E-state index in [-0.39, 0.29) is 5.82 Å². The number of likely N-dealkylation sites (tertiary alicyclic amines) is 1. The first-order chi connectivity index (χ1) is 11.3. The van der Waals surface area contributed by atoms with E-state index < -0.39 is 0 Å². The second-order valence-corrected chi connectivity index (χ2v) is 6.57. The minimum Gasteiger partial charge on any atom is -0.381 e. The molecule has 1 atom stereocenters. The molecule has 0 N–H and O–H groups in total. The Hall–Kier alpha value is -1.79. The number of halogens is 1. The van der Waals surface area contributed by atoms with E-state index in [0.717, 1.165) is 57.1 Å². The summed E-state index contributed by atoms with van der Waals surface area (Å²) in [6.45, 7) is 5.11. The van der Waals surface area contributed by atoms with Crippen molar-refractivity contribution in [2.24, 2.45) is 5.92 Å². The lowest BCUT2D eigenvalue weighted by atomic mass is 9.91. The van der Waals surface area contributed by atoms with E-state index in [1.165, 1.54) is 6.07 Å². The normalized spacial score (nSPS) is 22.4. The monoisotopic (exact) mass is 316 g/mol. The van der Waals surface area contributed by atoms with Crippen LogP contribution in [0.2, 0.25) is 0 Å². The van der Waals surface area contributed by atoms with E-state index in [1.807, 2.05) is 23.0 Å². The first kappa shape index (κ1) is 14.8. The third-order valence-electron chi connectivity index (χ3n) is 4.74. The second kappa shape index (κ2) is 6.37. The Morgan fingerprint density at radius 3 is 2.91 bits per heavy atom. The van der Waals surface area contributed by atoms with Gasteiger partial charge in [0.1, 0.15) is 5.82 Å². The average Bonchev–Trinajstić information content (AvgIpc) is 3.16. The molecule has 1 aromatic carbocycles. The summed E-state index contributed by atoms with van der Waals surface area (Å²) in [6, 6.07) is 7.07. The lowest BCUT2D eigenvalue weighted by Gasteiger charge is -2.39. The second-order valence-electron chi connectivity index (χ2n) is 6.57. The summed E-state index contributed by atoms with van der Waals surface area (Å²) in [5.41, 5.74) is 1.81. The fourth-order valence-corrected chi connectivity index (χ4v) is 3.42. The number of aromatic nitrogens is 3. The summed E-state index contributed by atoms with van der Waals surface area (Å²) in [7, 11) is 0. The van der Waals surface area contributed by atoms with Gasteiger partial charge in [0.05, 0.1) is 12.3 Å². The van der Waals surface area contributed by atoms with Crippen LogP contribution in [-0.4, -0.2) is 46.2 Å². The highest BCUT2D eigenvalue weighted by molar-refractivity contribution is 5.24. The number of hydrogen-bond acceptors (Lipinski definition) is 4. The zero-order valence-electron chi connectivity index (χ0n) is 13.1. The van der Waals surface area contributed by atoms with Crippen LogP contribution in [0.4, 0.5) is 4.39 Å². The van der Waals surface area contributed by atoms with Gasteiger partial charge in [-0.2, -0.15) is 0 Å². The van der Waals surface area contributed by atoms with Gasteiger partial charge in [-0.3, -0.25) is 9.58 Å². The zero-order valence-corrected chi connectivity index (χ0v) is 13.1. The van der Waals surface area contributed by atoms with Crippen molar-refractivity contribution < 1.29 is 9.13 Å². The van der Waals surface area contributed by atoms with Crippen molar-refractivity contribution >= 4 is 0 Å². The summed E-state index contributed by atoms with van der Waals surface area (Å²) in [6.07, 6.45) is 3.13. The largest absolute Gasteiger partial charge is 0.381 e. The molecule has 0 saturated carbocycles. The van der Waals surface area contributed by atoms with Gasteiger partial charge in [0, 0.05) is 50.8 Å². The maximum absolute atomic E-state index is 13.8. The van der Waals surface area contributed by atoms with Crippen molar-refractivity contribution in [3.8, 4) is 0 Å². The van der Waals surface area contributed by atoms with Gasteiger partial charge in [0.25, 0.3) is 0 Å². The SMILES string of the molecule is Fc1ccccc1C1CN(Cc2cn(CC3CCOC3)nn2)C1. The maximum Gasteiger partial charge on any atom is 0.126 e. The van der Waals surface area contributed by atoms with Crippen molar-refractivity contribution in [3.63, 3.8) is 0 Å². The molecule has 0 spiro atoms. The molecule has 0 amide bonds. The number of nitrogens with zero attached hydrogens (tertiary/aromatic N) is 4. The molecule has 2 aromatic rings. The van der Waals surface area contributed by atoms with E-state index in [4.69, 9.17) is 4.74 Å². The van der Waals surface area contributed by atoms with E-state index in [1.54, 1.807) is 6.07 Å². The Morgan fingerprint density at radius 1 is 1.26 bits per heavy atom. The van der Waals surface area contributed by atoms with Crippen molar-refractivity contribution in [1.29, 1.82) is 0 Å². The Labute approximate surface area is 135 Å². The summed E-state index contributed by atoms with van der Waals surface area (Å²) < 4.78 is 21.1. The van der Waals surface area contributed by atoms with E-state index in [2.05, 4.69) is 15.2 Å². The van der Waals surface area contributed by atoms with Crippen molar-refractivity contribution in [2.75, 3.05) is 26.3 Å².